The Kier molecular flexibility index (Phi) is 7.94. The minimum absolute atomic E-state index is 0.115. The van der Waals surface area contributed by atoms with Crippen molar-refractivity contribution in [3.63, 3.8) is 0 Å². The van der Waals surface area contributed by atoms with E-state index in [1.165, 1.54) is 37.9 Å². The van der Waals surface area contributed by atoms with Crippen LogP contribution in [0, 0.1) is 0 Å². The van der Waals surface area contributed by atoms with Crippen molar-refractivity contribution in [3.05, 3.63) is 59.7 Å². The number of nitrogens with zero attached hydrogens (tertiary/aromatic N) is 1. The second kappa shape index (κ2) is 10.9. The molecule has 1 atom stereocenters. The Balaban J connectivity index is 1.50. The molecule has 0 radical (unpaired) electrons. The van der Waals surface area contributed by atoms with Crippen molar-refractivity contribution in [2.24, 2.45) is 0 Å². The Morgan fingerprint density at radius 3 is 2.31 bits per heavy atom. The molecular formula is C24H32N2O3. The minimum atomic E-state index is -0.551. The van der Waals surface area contributed by atoms with E-state index in [0.29, 0.717) is 24.5 Å². The summed E-state index contributed by atoms with van der Waals surface area (Å²) in [5.41, 5.74) is 2.42. The monoisotopic (exact) mass is 396 g/mol. The Morgan fingerprint density at radius 1 is 1.00 bits per heavy atom. The first-order valence-corrected chi connectivity index (χ1v) is 10.6. The molecule has 0 bridgehead atoms. The van der Waals surface area contributed by atoms with Gasteiger partial charge in [0.1, 0.15) is 0 Å². The molecule has 0 unspecified atom stereocenters. The summed E-state index contributed by atoms with van der Waals surface area (Å²) in [7, 11) is 1.60. The number of amides is 1. The van der Waals surface area contributed by atoms with E-state index >= 15 is 0 Å². The van der Waals surface area contributed by atoms with Crippen LogP contribution >= 0.6 is 0 Å². The Morgan fingerprint density at radius 2 is 1.66 bits per heavy atom. The van der Waals surface area contributed by atoms with Gasteiger partial charge in [-0.2, -0.15) is 0 Å². The third kappa shape index (κ3) is 6.23. The molecule has 0 saturated carbocycles. The molecule has 1 heterocycles. The SMILES string of the molecule is CC[C@@H](Oc1ccccc1OC)C(=O)NCc1ccc(CN2CCCCC2)cc1. The molecule has 1 saturated heterocycles. The van der Waals surface area contributed by atoms with Crippen LogP contribution in [0.25, 0.3) is 0 Å². The molecule has 156 valence electrons. The van der Waals surface area contributed by atoms with Crippen molar-refractivity contribution >= 4 is 5.91 Å². The third-order valence-electron chi connectivity index (χ3n) is 5.35. The van der Waals surface area contributed by atoms with Gasteiger partial charge in [0.2, 0.25) is 0 Å². The van der Waals surface area contributed by atoms with E-state index in [4.69, 9.17) is 9.47 Å². The van der Waals surface area contributed by atoms with Crippen LogP contribution in [0.5, 0.6) is 11.5 Å². The smallest absolute Gasteiger partial charge is 0.261 e. The van der Waals surface area contributed by atoms with E-state index < -0.39 is 6.10 Å². The number of rotatable bonds is 9. The summed E-state index contributed by atoms with van der Waals surface area (Å²) < 4.78 is 11.2. The number of benzene rings is 2. The molecule has 1 amide bonds. The second-order valence-electron chi connectivity index (χ2n) is 7.54. The fraction of sp³-hybridized carbons (Fsp3) is 0.458. The zero-order chi connectivity index (χ0) is 20.5. The Labute approximate surface area is 174 Å². The van der Waals surface area contributed by atoms with Crippen LogP contribution in [0.15, 0.2) is 48.5 Å². The number of carbonyl (C=O) groups is 1. The molecule has 0 aliphatic carbocycles. The highest BCUT2D eigenvalue weighted by Crippen LogP contribution is 2.27. The van der Waals surface area contributed by atoms with Gasteiger partial charge in [-0.1, -0.05) is 49.7 Å². The lowest BCUT2D eigenvalue weighted by molar-refractivity contribution is -0.128. The molecule has 1 N–H and O–H groups in total. The van der Waals surface area contributed by atoms with Crippen LogP contribution in [0.1, 0.15) is 43.7 Å². The number of hydrogen-bond acceptors (Lipinski definition) is 4. The average molecular weight is 397 g/mol. The van der Waals surface area contributed by atoms with Gasteiger partial charge in [-0.15, -0.1) is 0 Å². The number of methoxy groups -OCH3 is 1. The lowest BCUT2D eigenvalue weighted by Crippen LogP contribution is -2.37. The maximum atomic E-state index is 12.6. The number of likely N-dealkylation sites (tertiary alicyclic amines) is 1. The summed E-state index contributed by atoms with van der Waals surface area (Å²) >= 11 is 0. The van der Waals surface area contributed by atoms with Crippen molar-refractivity contribution < 1.29 is 14.3 Å². The molecule has 1 aliphatic heterocycles. The van der Waals surface area contributed by atoms with Gasteiger partial charge in [-0.25, -0.2) is 0 Å². The molecular weight excluding hydrogens is 364 g/mol. The van der Waals surface area contributed by atoms with Gasteiger partial charge in [-0.3, -0.25) is 9.69 Å². The quantitative estimate of drug-likeness (QED) is 0.692. The van der Waals surface area contributed by atoms with Gasteiger partial charge in [-0.05, 0) is 55.6 Å². The summed E-state index contributed by atoms with van der Waals surface area (Å²) in [4.78, 5) is 15.1. The first-order chi connectivity index (χ1) is 14.2. The summed E-state index contributed by atoms with van der Waals surface area (Å²) in [5, 5.41) is 2.99. The molecule has 1 fully saturated rings. The predicted molar refractivity (Wildman–Crippen MR) is 115 cm³/mol. The summed E-state index contributed by atoms with van der Waals surface area (Å²) in [6, 6.07) is 15.9. The molecule has 29 heavy (non-hydrogen) atoms. The van der Waals surface area contributed by atoms with Crippen LogP contribution in [-0.2, 0) is 17.9 Å². The van der Waals surface area contributed by atoms with Gasteiger partial charge in [0, 0.05) is 13.1 Å². The average Bonchev–Trinajstić information content (AvgIpc) is 2.77. The van der Waals surface area contributed by atoms with Gasteiger partial charge < -0.3 is 14.8 Å². The van der Waals surface area contributed by atoms with Crippen molar-refractivity contribution in [1.82, 2.24) is 10.2 Å². The van der Waals surface area contributed by atoms with E-state index in [1.807, 2.05) is 31.2 Å². The molecule has 0 aromatic heterocycles. The largest absolute Gasteiger partial charge is 0.493 e. The number of hydrogen-bond donors (Lipinski definition) is 1. The van der Waals surface area contributed by atoms with Crippen molar-refractivity contribution in [2.45, 2.75) is 51.8 Å². The van der Waals surface area contributed by atoms with Gasteiger partial charge in [0.25, 0.3) is 5.91 Å². The van der Waals surface area contributed by atoms with E-state index in [1.54, 1.807) is 7.11 Å². The highest BCUT2D eigenvalue weighted by Gasteiger charge is 2.19. The number of nitrogens with one attached hydrogen (secondary N) is 1. The van der Waals surface area contributed by atoms with Gasteiger partial charge in [0.15, 0.2) is 17.6 Å². The summed E-state index contributed by atoms with van der Waals surface area (Å²) in [5.74, 6) is 1.10. The zero-order valence-corrected chi connectivity index (χ0v) is 17.5. The summed E-state index contributed by atoms with van der Waals surface area (Å²) in [6.45, 7) is 5.84. The van der Waals surface area contributed by atoms with Crippen molar-refractivity contribution in [1.29, 1.82) is 0 Å². The normalized spacial score (nSPS) is 15.5. The van der Waals surface area contributed by atoms with Crippen LogP contribution in [0.2, 0.25) is 0 Å². The first-order valence-electron chi connectivity index (χ1n) is 10.6. The van der Waals surface area contributed by atoms with Crippen LogP contribution in [0.4, 0.5) is 0 Å². The van der Waals surface area contributed by atoms with Crippen molar-refractivity contribution in [2.75, 3.05) is 20.2 Å². The standard InChI is InChI=1S/C24H32N2O3/c1-3-21(29-23-10-6-5-9-22(23)28-2)24(27)25-17-19-11-13-20(14-12-19)18-26-15-7-4-8-16-26/h5-6,9-14,21H,3-4,7-8,15-18H2,1-2H3,(H,25,27)/t21-/m1/s1. The van der Waals surface area contributed by atoms with E-state index in [9.17, 15) is 4.79 Å². The molecule has 1 aliphatic rings. The molecule has 5 heteroatoms. The first kappa shape index (κ1) is 21.2. The highest BCUT2D eigenvalue weighted by atomic mass is 16.5. The lowest BCUT2D eigenvalue weighted by Gasteiger charge is -2.26. The molecule has 0 spiro atoms. The minimum Gasteiger partial charge on any atom is -0.493 e. The van der Waals surface area contributed by atoms with Crippen LogP contribution in [0.3, 0.4) is 0 Å². The third-order valence-corrected chi connectivity index (χ3v) is 5.35. The fourth-order valence-electron chi connectivity index (χ4n) is 3.63. The molecule has 3 rings (SSSR count). The van der Waals surface area contributed by atoms with Crippen LogP contribution in [-0.4, -0.2) is 37.1 Å². The number of para-hydroxylation sites is 2. The number of ether oxygens (including phenoxy) is 2. The number of carbonyl (C=O) groups excluding carboxylic acids is 1. The Hall–Kier alpha value is -2.53. The highest BCUT2D eigenvalue weighted by molar-refractivity contribution is 5.81. The molecule has 5 nitrogen and oxygen atoms in total. The van der Waals surface area contributed by atoms with Crippen LogP contribution < -0.4 is 14.8 Å². The maximum absolute atomic E-state index is 12.6. The summed E-state index contributed by atoms with van der Waals surface area (Å²) in [6.07, 6.45) is 4.00. The lowest BCUT2D eigenvalue weighted by atomic mass is 10.1. The van der Waals surface area contributed by atoms with E-state index in [2.05, 4.69) is 34.5 Å². The topological polar surface area (TPSA) is 50.8 Å². The van der Waals surface area contributed by atoms with Crippen molar-refractivity contribution in [3.8, 4) is 11.5 Å². The van der Waals surface area contributed by atoms with Gasteiger partial charge in [0.05, 0.1) is 7.11 Å². The van der Waals surface area contributed by atoms with Gasteiger partial charge >= 0.3 is 0 Å². The van der Waals surface area contributed by atoms with E-state index in [-0.39, 0.29) is 5.91 Å². The predicted octanol–water partition coefficient (Wildman–Crippen LogP) is 4.15. The second-order valence-corrected chi connectivity index (χ2v) is 7.54. The van der Waals surface area contributed by atoms with E-state index in [0.717, 1.165) is 12.1 Å². The fourth-order valence-corrected chi connectivity index (χ4v) is 3.63. The Bertz CT molecular complexity index is 770. The molecule has 2 aromatic rings. The number of piperidine rings is 1. The molecule has 2 aromatic carbocycles. The maximum Gasteiger partial charge on any atom is 0.261 e. The zero-order valence-electron chi connectivity index (χ0n) is 17.5.